The van der Waals surface area contributed by atoms with Crippen LogP contribution in [-0.2, 0) is 0 Å². The van der Waals surface area contributed by atoms with Gasteiger partial charge in [-0.25, -0.2) is 20.8 Å². The molecule has 0 bridgehead atoms. The number of nitrogen functional groups attached to an aromatic ring is 1. The normalized spacial score (nSPS) is 10.8. The van der Waals surface area contributed by atoms with Crippen molar-refractivity contribution in [1.29, 1.82) is 0 Å². The number of nitrogens with two attached hydrogens (primary N) is 1. The molecule has 2 rings (SSSR count). The molecule has 5 nitrogen and oxygen atoms in total. The number of hydrogen-bond acceptors (Lipinski definition) is 6. The van der Waals surface area contributed by atoms with Gasteiger partial charge in [-0.3, -0.25) is 0 Å². The molecule has 19 heavy (non-hydrogen) atoms. The van der Waals surface area contributed by atoms with Gasteiger partial charge in [-0.15, -0.1) is 0 Å². The van der Waals surface area contributed by atoms with Crippen LogP contribution in [0.4, 0.5) is 5.82 Å². The molecule has 0 amide bonds. The summed E-state index contributed by atoms with van der Waals surface area (Å²) in [6, 6.07) is 5.80. The third-order valence-electron chi connectivity index (χ3n) is 2.61. The Morgan fingerprint density at radius 3 is 2.63 bits per heavy atom. The third kappa shape index (κ3) is 3.21. The topological polar surface area (TPSA) is 76.7 Å². The van der Waals surface area contributed by atoms with Gasteiger partial charge in [0.05, 0.1) is 0 Å². The molecule has 0 radical (unpaired) electrons. The molecule has 0 saturated carbocycles. The van der Waals surface area contributed by atoms with E-state index in [1.807, 2.05) is 25.1 Å². The van der Waals surface area contributed by atoms with E-state index in [4.69, 9.17) is 5.84 Å². The summed E-state index contributed by atoms with van der Waals surface area (Å²) in [7, 11) is 0. The molecule has 0 spiro atoms. The van der Waals surface area contributed by atoms with Crippen molar-refractivity contribution in [2.45, 2.75) is 36.7 Å². The van der Waals surface area contributed by atoms with Gasteiger partial charge in [-0.2, -0.15) is 0 Å². The van der Waals surface area contributed by atoms with Gasteiger partial charge in [0.1, 0.15) is 21.7 Å². The predicted octanol–water partition coefficient (Wildman–Crippen LogP) is 2.74. The number of hydrazine groups is 1. The van der Waals surface area contributed by atoms with E-state index in [1.165, 1.54) is 11.8 Å². The van der Waals surface area contributed by atoms with Gasteiger partial charge in [0.15, 0.2) is 0 Å². The Morgan fingerprint density at radius 2 is 2.05 bits per heavy atom. The fourth-order valence-corrected chi connectivity index (χ4v) is 2.36. The lowest BCUT2D eigenvalue weighted by atomic mass is 10.2. The minimum atomic E-state index is 0.246. The molecule has 0 unspecified atom stereocenters. The molecule has 2 heterocycles. The second-order valence-electron chi connectivity index (χ2n) is 4.43. The molecule has 0 aliphatic carbocycles. The molecule has 0 saturated heterocycles. The van der Waals surface area contributed by atoms with Gasteiger partial charge >= 0.3 is 0 Å². The average Bonchev–Trinajstić information content (AvgIpc) is 2.42. The van der Waals surface area contributed by atoms with Crippen LogP contribution in [0.25, 0.3) is 0 Å². The van der Waals surface area contributed by atoms with Crippen LogP contribution in [0.2, 0.25) is 0 Å². The maximum atomic E-state index is 5.52. The van der Waals surface area contributed by atoms with Crippen molar-refractivity contribution in [3.8, 4) is 0 Å². The highest BCUT2D eigenvalue weighted by molar-refractivity contribution is 7.99. The number of pyridine rings is 1. The van der Waals surface area contributed by atoms with Crippen LogP contribution in [0.5, 0.6) is 0 Å². The summed E-state index contributed by atoms with van der Waals surface area (Å²) in [5, 5.41) is 1.78. The first-order valence-electron chi connectivity index (χ1n) is 6.06. The molecule has 0 aromatic carbocycles. The molecule has 2 aromatic heterocycles. The smallest absolute Gasteiger partial charge is 0.147 e. The number of anilines is 1. The standard InChI is InChI=1S/C13H17N5S/c1-8(2)11-16-12(18-14)9(3)13(17-11)19-10-6-4-5-7-15-10/h4-8H,14H2,1-3H3,(H,16,17,18). The molecule has 6 heteroatoms. The number of aromatic nitrogens is 3. The lowest BCUT2D eigenvalue weighted by molar-refractivity contribution is 0.748. The van der Waals surface area contributed by atoms with E-state index in [0.29, 0.717) is 5.82 Å². The Labute approximate surface area is 117 Å². The molecule has 3 N–H and O–H groups in total. The highest BCUT2D eigenvalue weighted by atomic mass is 32.2. The van der Waals surface area contributed by atoms with Crippen LogP contribution < -0.4 is 11.3 Å². The van der Waals surface area contributed by atoms with Gasteiger partial charge in [-0.1, -0.05) is 19.9 Å². The first kappa shape index (κ1) is 13.8. The Morgan fingerprint density at radius 1 is 1.26 bits per heavy atom. The van der Waals surface area contributed by atoms with Gasteiger partial charge in [-0.05, 0) is 30.8 Å². The Balaban J connectivity index is 2.41. The summed E-state index contributed by atoms with van der Waals surface area (Å²) < 4.78 is 0. The van der Waals surface area contributed by atoms with Crippen molar-refractivity contribution in [3.05, 3.63) is 35.8 Å². The van der Waals surface area contributed by atoms with Crippen molar-refractivity contribution < 1.29 is 0 Å². The van der Waals surface area contributed by atoms with E-state index >= 15 is 0 Å². The average molecular weight is 275 g/mol. The lowest BCUT2D eigenvalue weighted by Gasteiger charge is -2.12. The maximum Gasteiger partial charge on any atom is 0.147 e. The maximum absolute atomic E-state index is 5.52. The van der Waals surface area contributed by atoms with Gasteiger partial charge in [0.25, 0.3) is 0 Å². The monoisotopic (exact) mass is 275 g/mol. The molecule has 100 valence electrons. The minimum Gasteiger partial charge on any atom is -0.308 e. The van der Waals surface area contributed by atoms with Crippen LogP contribution in [0.3, 0.4) is 0 Å². The van der Waals surface area contributed by atoms with Crippen LogP contribution in [-0.4, -0.2) is 15.0 Å². The first-order valence-corrected chi connectivity index (χ1v) is 6.87. The molecule has 0 aliphatic rings. The molecular weight excluding hydrogens is 258 g/mol. The number of nitrogens with one attached hydrogen (secondary N) is 1. The molecule has 2 aromatic rings. The van der Waals surface area contributed by atoms with Crippen LogP contribution in [0, 0.1) is 6.92 Å². The quantitative estimate of drug-likeness (QED) is 0.507. The Hall–Kier alpha value is -1.66. The zero-order valence-corrected chi connectivity index (χ0v) is 12.0. The number of nitrogens with zero attached hydrogens (tertiary/aromatic N) is 3. The molecular formula is C13H17N5S. The second-order valence-corrected chi connectivity index (χ2v) is 5.44. The summed E-state index contributed by atoms with van der Waals surface area (Å²) >= 11 is 1.52. The fraction of sp³-hybridized carbons (Fsp3) is 0.308. The summed E-state index contributed by atoms with van der Waals surface area (Å²) in [6.07, 6.45) is 1.77. The van der Waals surface area contributed by atoms with Crippen LogP contribution >= 0.6 is 11.8 Å². The fourth-order valence-electron chi connectivity index (χ4n) is 1.52. The summed E-state index contributed by atoms with van der Waals surface area (Å²) in [6.45, 7) is 6.06. The van der Waals surface area contributed by atoms with E-state index in [1.54, 1.807) is 6.20 Å². The van der Waals surface area contributed by atoms with Crippen molar-refractivity contribution in [1.82, 2.24) is 15.0 Å². The summed E-state index contributed by atoms with van der Waals surface area (Å²) in [5.41, 5.74) is 3.56. The van der Waals surface area contributed by atoms with Crippen molar-refractivity contribution in [3.63, 3.8) is 0 Å². The number of rotatable bonds is 4. The second kappa shape index (κ2) is 5.99. The molecule has 0 fully saturated rings. The van der Waals surface area contributed by atoms with E-state index in [2.05, 4.69) is 34.2 Å². The largest absolute Gasteiger partial charge is 0.308 e. The van der Waals surface area contributed by atoms with Crippen molar-refractivity contribution in [2.24, 2.45) is 5.84 Å². The van der Waals surface area contributed by atoms with Crippen molar-refractivity contribution in [2.75, 3.05) is 5.43 Å². The minimum absolute atomic E-state index is 0.246. The summed E-state index contributed by atoms with van der Waals surface area (Å²) in [5.74, 6) is 7.20. The van der Waals surface area contributed by atoms with Gasteiger partial charge < -0.3 is 5.43 Å². The highest BCUT2D eigenvalue weighted by Gasteiger charge is 2.13. The van der Waals surface area contributed by atoms with E-state index in [-0.39, 0.29) is 5.92 Å². The van der Waals surface area contributed by atoms with Crippen LogP contribution in [0.1, 0.15) is 31.2 Å². The first-order chi connectivity index (χ1) is 9.11. The van der Waals surface area contributed by atoms with E-state index < -0.39 is 0 Å². The SMILES string of the molecule is Cc1c(NN)nc(C(C)C)nc1Sc1ccccn1. The highest BCUT2D eigenvalue weighted by Crippen LogP contribution is 2.30. The Bertz CT molecular complexity index is 556. The van der Waals surface area contributed by atoms with Gasteiger partial charge in [0.2, 0.25) is 0 Å². The van der Waals surface area contributed by atoms with E-state index in [9.17, 15) is 0 Å². The lowest BCUT2D eigenvalue weighted by Crippen LogP contribution is -2.13. The van der Waals surface area contributed by atoms with Gasteiger partial charge in [0, 0.05) is 17.7 Å². The molecule has 0 aliphatic heterocycles. The van der Waals surface area contributed by atoms with E-state index in [0.717, 1.165) is 21.4 Å². The van der Waals surface area contributed by atoms with Crippen LogP contribution in [0.15, 0.2) is 34.4 Å². The zero-order chi connectivity index (χ0) is 13.8. The predicted molar refractivity (Wildman–Crippen MR) is 77.0 cm³/mol. The number of hydrogen-bond donors (Lipinski definition) is 2. The third-order valence-corrected chi connectivity index (χ3v) is 3.65. The zero-order valence-electron chi connectivity index (χ0n) is 11.2. The molecule has 0 atom stereocenters. The summed E-state index contributed by atoms with van der Waals surface area (Å²) in [4.78, 5) is 13.3. The van der Waals surface area contributed by atoms with Crippen molar-refractivity contribution >= 4 is 17.6 Å². The Kier molecular flexibility index (Phi) is 4.34.